The Morgan fingerprint density at radius 1 is 0.927 bits per heavy atom. The van der Waals surface area contributed by atoms with Crippen molar-refractivity contribution in [2.75, 3.05) is 13.1 Å². The Kier molecular flexibility index (Phi) is 6.40. The number of piperazine rings is 1. The van der Waals surface area contributed by atoms with E-state index in [2.05, 4.69) is 4.98 Å². The Hall–Kier alpha value is -4.53. The molecule has 4 heterocycles. The van der Waals surface area contributed by atoms with E-state index in [0.717, 1.165) is 11.1 Å². The maximum atomic E-state index is 14.3. The van der Waals surface area contributed by atoms with Gasteiger partial charge in [-0.15, -0.1) is 0 Å². The molecule has 0 unspecified atom stereocenters. The molecule has 9 heteroatoms. The molecular formula is C32H31FN4O4. The number of amides is 2. The second kappa shape index (κ2) is 9.83. The molecule has 2 aliphatic rings. The van der Waals surface area contributed by atoms with E-state index < -0.39 is 23.2 Å². The van der Waals surface area contributed by atoms with E-state index in [1.807, 2.05) is 57.2 Å². The Morgan fingerprint density at radius 2 is 1.63 bits per heavy atom. The van der Waals surface area contributed by atoms with Crippen LogP contribution in [0.4, 0.5) is 4.39 Å². The number of carboxylic acids is 1. The van der Waals surface area contributed by atoms with Gasteiger partial charge in [-0.05, 0) is 47.7 Å². The summed E-state index contributed by atoms with van der Waals surface area (Å²) in [4.78, 5) is 47.8. The van der Waals surface area contributed by atoms with Crippen LogP contribution in [0.1, 0.15) is 54.2 Å². The molecule has 0 saturated carbocycles. The lowest BCUT2D eigenvalue weighted by atomic mass is 9.85. The molecule has 8 nitrogen and oxygen atoms in total. The second-order valence-corrected chi connectivity index (χ2v) is 12.0. The van der Waals surface area contributed by atoms with Gasteiger partial charge in [0.05, 0.1) is 17.6 Å². The van der Waals surface area contributed by atoms with Crippen LogP contribution in [0.3, 0.4) is 0 Å². The maximum Gasteiger partial charge on any atom is 0.352 e. The minimum atomic E-state index is -1.19. The van der Waals surface area contributed by atoms with E-state index in [4.69, 9.17) is 0 Å². The fourth-order valence-corrected chi connectivity index (χ4v) is 6.32. The molecule has 2 fully saturated rings. The summed E-state index contributed by atoms with van der Waals surface area (Å²) in [5.41, 5.74) is 1.92. The molecule has 6 rings (SSSR count). The van der Waals surface area contributed by atoms with E-state index in [9.17, 15) is 23.9 Å². The third-order valence-corrected chi connectivity index (χ3v) is 8.21. The van der Waals surface area contributed by atoms with Gasteiger partial charge >= 0.3 is 5.97 Å². The topological polar surface area (TPSA) is 95.7 Å². The number of carbonyl (C=O) groups excluding carboxylic acids is 2. The summed E-state index contributed by atoms with van der Waals surface area (Å²) in [7, 11) is 0. The number of benzene rings is 2. The van der Waals surface area contributed by atoms with Gasteiger partial charge < -0.3 is 19.5 Å². The molecule has 2 aliphatic heterocycles. The molecular weight excluding hydrogens is 523 g/mol. The zero-order valence-corrected chi connectivity index (χ0v) is 23.1. The number of pyridine rings is 1. The summed E-state index contributed by atoms with van der Waals surface area (Å²) < 4.78 is 15.7. The average molecular weight is 555 g/mol. The van der Waals surface area contributed by atoms with Crippen molar-refractivity contribution in [1.82, 2.24) is 19.4 Å². The van der Waals surface area contributed by atoms with Crippen LogP contribution >= 0.6 is 0 Å². The minimum Gasteiger partial charge on any atom is -0.477 e. The first-order valence-electron chi connectivity index (χ1n) is 13.7. The number of nitrogens with zero attached hydrogens (tertiary/aromatic N) is 4. The Bertz CT molecular complexity index is 1660. The molecule has 2 saturated heterocycles. The van der Waals surface area contributed by atoms with Gasteiger partial charge in [0.15, 0.2) is 0 Å². The number of aromatic carboxylic acids is 1. The zero-order valence-electron chi connectivity index (χ0n) is 23.1. The molecule has 41 heavy (non-hydrogen) atoms. The third-order valence-electron chi connectivity index (χ3n) is 8.21. The van der Waals surface area contributed by atoms with Crippen molar-refractivity contribution < 1.29 is 23.9 Å². The monoisotopic (exact) mass is 554 g/mol. The van der Waals surface area contributed by atoms with E-state index in [1.165, 1.54) is 28.8 Å². The van der Waals surface area contributed by atoms with Gasteiger partial charge in [-0.25, -0.2) is 9.18 Å². The van der Waals surface area contributed by atoms with Crippen molar-refractivity contribution in [2.24, 2.45) is 5.41 Å². The van der Waals surface area contributed by atoms with Crippen LogP contribution in [0.25, 0.3) is 22.0 Å². The van der Waals surface area contributed by atoms with Gasteiger partial charge in [-0.3, -0.25) is 14.6 Å². The summed E-state index contributed by atoms with van der Waals surface area (Å²) in [6.07, 6.45) is 2.34. The smallest absolute Gasteiger partial charge is 0.352 e. The number of carbonyl (C=O) groups is 3. The molecule has 2 bridgehead atoms. The molecule has 0 radical (unpaired) electrons. The number of carboxylic acid groups (broad SMARTS) is 1. The van der Waals surface area contributed by atoms with Crippen LogP contribution < -0.4 is 0 Å². The molecule has 2 aromatic heterocycles. The van der Waals surface area contributed by atoms with Crippen LogP contribution in [0.2, 0.25) is 0 Å². The van der Waals surface area contributed by atoms with Crippen LogP contribution in [0, 0.1) is 11.2 Å². The van der Waals surface area contributed by atoms with Crippen LogP contribution in [0.5, 0.6) is 0 Å². The Morgan fingerprint density at radius 3 is 2.24 bits per heavy atom. The molecule has 2 amide bonds. The number of likely N-dealkylation sites (tertiary alicyclic amines) is 2. The lowest BCUT2D eigenvalue weighted by Gasteiger charge is -2.40. The molecule has 1 N–H and O–H groups in total. The summed E-state index contributed by atoms with van der Waals surface area (Å²) in [6.45, 7) is 6.35. The fraction of sp³-hybridized carbons (Fsp3) is 0.312. The first kappa shape index (κ1) is 26.7. The highest BCUT2D eigenvalue weighted by Gasteiger charge is 2.50. The Balaban J connectivity index is 1.25. The molecule has 2 aromatic carbocycles. The van der Waals surface area contributed by atoms with Crippen LogP contribution in [-0.2, 0) is 4.79 Å². The van der Waals surface area contributed by atoms with Crippen molar-refractivity contribution in [1.29, 1.82) is 0 Å². The van der Waals surface area contributed by atoms with Gasteiger partial charge in [-0.1, -0.05) is 57.2 Å². The summed E-state index contributed by atoms with van der Waals surface area (Å²) in [6, 6.07) is 17.8. The predicted molar refractivity (Wildman–Crippen MR) is 152 cm³/mol. The molecule has 0 spiro atoms. The maximum absolute atomic E-state index is 14.3. The fourth-order valence-electron chi connectivity index (χ4n) is 6.32. The first-order chi connectivity index (χ1) is 19.5. The molecule has 0 aliphatic carbocycles. The lowest BCUT2D eigenvalue weighted by molar-refractivity contribution is -0.140. The number of hydrogen-bond donors (Lipinski definition) is 1. The lowest BCUT2D eigenvalue weighted by Crippen LogP contribution is -2.53. The van der Waals surface area contributed by atoms with Crippen molar-refractivity contribution in [3.05, 3.63) is 90.1 Å². The highest BCUT2D eigenvalue weighted by Crippen LogP contribution is 2.41. The average Bonchev–Trinajstić information content (AvgIpc) is 3.66. The van der Waals surface area contributed by atoms with Crippen LogP contribution in [-0.4, -0.2) is 67.4 Å². The highest BCUT2D eigenvalue weighted by atomic mass is 19.1. The number of hydrogen-bond acceptors (Lipinski definition) is 4. The normalized spacial score (nSPS) is 19.1. The van der Waals surface area contributed by atoms with E-state index in [-0.39, 0.29) is 29.6 Å². The van der Waals surface area contributed by atoms with Crippen molar-refractivity contribution in [3.63, 3.8) is 0 Å². The standard InChI is InChI=1S/C32H31FN4O4/c1-32(2,3)28(37-26-14-22(33)11-9-20(26)13-27(37)31(40)41)30(39)36-18-23-15-24(36)17-35(23)29(38)25-12-10-21(16-34-25)19-7-5-4-6-8-19/h4-14,16,23-24,28H,15,17-18H2,1-3H3,(H,40,41)/t23-,24-,28+/m0/s1. The van der Waals surface area contributed by atoms with Crippen molar-refractivity contribution in [2.45, 2.75) is 45.3 Å². The summed E-state index contributed by atoms with van der Waals surface area (Å²) in [5.74, 6) is -2.09. The Labute approximate surface area is 237 Å². The molecule has 210 valence electrons. The number of halogens is 1. The van der Waals surface area contributed by atoms with Gasteiger partial charge in [0.25, 0.3) is 5.91 Å². The van der Waals surface area contributed by atoms with E-state index >= 15 is 0 Å². The summed E-state index contributed by atoms with van der Waals surface area (Å²) >= 11 is 0. The van der Waals surface area contributed by atoms with Crippen molar-refractivity contribution in [3.8, 4) is 11.1 Å². The highest BCUT2D eigenvalue weighted by molar-refractivity contribution is 5.97. The number of aromatic nitrogens is 2. The zero-order chi connectivity index (χ0) is 29.1. The predicted octanol–water partition coefficient (Wildman–Crippen LogP) is 5.25. The molecule has 3 atom stereocenters. The first-order valence-corrected chi connectivity index (χ1v) is 13.7. The van der Waals surface area contributed by atoms with Crippen molar-refractivity contribution >= 4 is 28.7 Å². The van der Waals surface area contributed by atoms with Gasteiger partial charge in [0.1, 0.15) is 23.2 Å². The van der Waals surface area contributed by atoms with Gasteiger partial charge in [0.2, 0.25) is 5.91 Å². The van der Waals surface area contributed by atoms with E-state index in [1.54, 1.807) is 22.1 Å². The van der Waals surface area contributed by atoms with Gasteiger partial charge in [-0.2, -0.15) is 0 Å². The number of rotatable bonds is 5. The SMILES string of the molecule is CC(C)(C)[C@@H](C(=O)N1C[C@@H]2C[C@H]1CN2C(=O)c1ccc(-c2ccccc2)cn1)n1c(C(=O)O)cc2ccc(F)cc21. The molecule has 4 aromatic rings. The largest absolute Gasteiger partial charge is 0.477 e. The van der Waals surface area contributed by atoms with E-state index in [0.29, 0.717) is 36.1 Å². The van der Waals surface area contributed by atoms with Gasteiger partial charge in [0, 0.05) is 30.2 Å². The quantitative estimate of drug-likeness (QED) is 0.364. The third kappa shape index (κ3) is 4.65. The number of fused-ring (bicyclic) bond motifs is 3. The second-order valence-electron chi connectivity index (χ2n) is 12.0. The van der Waals surface area contributed by atoms with Crippen LogP contribution in [0.15, 0.2) is 72.9 Å². The summed E-state index contributed by atoms with van der Waals surface area (Å²) in [5, 5.41) is 10.6. The minimum absolute atomic E-state index is 0.0648.